The number of aliphatic carboxylic acids is 2. The normalized spacial score (nSPS) is 23.6. The van der Waals surface area contributed by atoms with Gasteiger partial charge in [0, 0.05) is 0 Å². The van der Waals surface area contributed by atoms with Crippen LogP contribution in [0.5, 0.6) is 0 Å². The Kier molecular flexibility index (Phi) is 8.69. The standard InChI is InChI=1S/C20H18O8.C12H19NO2/c1-11-3-7-13(8-4-11)19(25)27-15(17(21)22)16(18(23)24)28-20(26)14-9-5-12(2)6-10-14;1-10(2)11(4-3-5-11)12(10)6-8(7-14)13-9(12)15/h3-10,15-16H,1-2H3,(H,21,22)(H,23,24);8,14H,3-7H2,1-2H3,(H,13,15)/t15-,16-;8-,12+/m00/s1. The SMILES string of the molecule is CC1(C)C2(CCC2)[C@@]12C[C@@H](CO)NC2=O.Cc1ccc(C(=O)O[C@H](C(=O)O)[C@H](OC(=O)c2ccc(C)cc2)C(=O)O)cc1. The number of carbonyl (C=O) groups is 5. The van der Waals surface area contributed by atoms with Crippen molar-refractivity contribution in [2.45, 2.75) is 71.6 Å². The summed E-state index contributed by atoms with van der Waals surface area (Å²) in [5.74, 6) is -5.42. The minimum atomic E-state index is -2.22. The van der Waals surface area contributed by atoms with Crippen LogP contribution < -0.4 is 5.32 Å². The smallest absolute Gasteiger partial charge is 0.349 e. The minimum Gasteiger partial charge on any atom is -0.478 e. The van der Waals surface area contributed by atoms with Gasteiger partial charge in [-0.2, -0.15) is 0 Å². The number of hydrogen-bond donors (Lipinski definition) is 4. The van der Waals surface area contributed by atoms with Crippen molar-refractivity contribution in [2.24, 2.45) is 16.2 Å². The Morgan fingerprint density at radius 3 is 1.53 bits per heavy atom. The average Bonchev–Trinajstić information content (AvgIpc) is 3.17. The molecule has 1 aliphatic heterocycles. The maximum Gasteiger partial charge on any atom is 0.349 e. The zero-order valence-corrected chi connectivity index (χ0v) is 24.6. The minimum absolute atomic E-state index is 0.00301. The van der Waals surface area contributed by atoms with E-state index in [1.807, 2.05) is 0 Å². The summed E-state index contributed by atoms with van der Waals surface area (Å²) in [7, 11) is 0. The number of esters is 2. The quantitative estimate of drug-likeness (QED) is 0.331. The number of aliphatic hydroxyl groups is 1. The van der Waals surface area contributed by atoms with Crippen molar-refractivity contribution in [3.05, 3.63) is 70.8 Å². The van der Waals surface area contributed by atoms with Crippen LogP contribution in [0.3, 0.4) is 0 Å². The van der Waals surface area contributed by atoms with Crippen molar-refractivity contribution in [1.29, 1.82) is 0 Å². The zero-order chi connectivity index (χ0) is 31.7. The van der Waals surface area contributed by atoms with E-state index in [2.05, 4.69) is 19.2 Å². The molecule has 1 amide bonds. The number of carboxylic acids is 2. The van der Waals surface area contributed by atoms with E-state index in [9.17, 15) is 34.2 Å². The highest BCUT2D eigenvalue weighted by atomic mass is 16.6. The number of ether oxygens (including phenoxy) is 2. The molecule has 11 heteroatoms. The van der Waals surface area contributed by atoms with Gasteiger partial charge in [0.1, 0.15) is 0 Å². The Labute approximate surface area is 249 Å². The second kappa shape index (κ2) is 11.8. The lowest BCUT2D eigenvalue weighted by molar-refractivity contribution is -0.166. The van der Waals surface area contributed by atoms with Gasteiger partial charge in [-0.25, -0.2) is 19.2 Å². The average molecular weight is 596 g/mol. The topological polar surface area (TPSA) is 177 Å². The van der Waals surface area contributed by atoms with Crippen LogP contribution in [0, 0.1) is 30.1 Å². The molecule has 2 spiro atoms. The number of rotatable bonds is 8. The van der Waals surface area contributed by atoms with Crippen LogP contribution in [0.4, 0.5) is 0 Å². The van der Waals surface area contributed by atoms with Gasteiger partial charge in [-0.05, 0) is 68.2 Å². The first-order valence-electron chi connectivity index (χ1n) is 14.1. The Balaban J connectivity index is 0.000000234. The maximum absolute atomic E-state index is 12.2. The lowest BCUT2D eigenvalue weighted by Crippen LogP contribution is -2.45. The van der Waals surface area contributed by atoms with Gasteiger partial charge in [0.05, 0.1) is 29.2 Å². The van der Waals surface area contributed by atoms with Crippen LogP contribution >= 0.6 is 0 Å². The fourth-order valence-corrected chi connectivity index (χ4v) is 6.85. The van der Waals surface area contributed by atoms with Gasteiger partial charge in [-0.15, -0.1) is 0 Å². The van der Waals surface area contributed by atoms with E-state index in [1.165, 1.54) is 43.5 Å². The first-order chi connectivity index (χ1) is 20.2. The van der Waals surface area contributed by atoms with E-state index in [0.29, 0.717) is 0 Å². The second-order valence-corrected chi connectivity index (χ2v) is 12.1. The summed E-state index contributed by atoms with van der Waals surface area (Å²) in [6.07, 6.45) is 0.0655. The van der Waals surface area contributed by atoms with Crippen LogP contribution in [0.15, 0.2) is 48.5 Å². The van der Waals surface area contributed by atoms with Gasteiger partial charge in [0.2, 0.25) is 18.1 Å². The highest BCUT2D eigenvalue weighted by Gasteiger charge is 2.87. The number of aliphatic hydroxyl groups excluding tert-OH is 1. The molecule has 1 heterocycles. The van der Waals surface area contributed by atoms with Gasteiger partial charge in [-0.1, -0.05) is 55.7 Å². The molecule has 5 rings (SSSR count). The fourth-order valence-electron chi connectivity index (χ4n) is 6.85. The van der Waals surface area contributed by atoms with Crippen LogP contribution in [-0.2, 0) is 23.9 Å². The molecule has 0 unspecified atom stereocenters. The number of carboxylic acid groups (broad SMARTS) is 2. The zero-order valence-electron chi connectivity index (χ0n) is 24.6. The summed E-state index contributed by atoms with van der Waals surface area (Å²) in [6, 6.07) is 12.1. The van der Waals surface area contributed by atoms with Crippen LogP contribution in [0.25, 0.3) is 0 Å². The van der Waals surface area contributed by atoms with Crippen LogP contribution in [0.1, 0.15) is 71.4 Å². The number of nitrogens with one attached hydrogen (secondary N) is 1. The molecule has 4 N–H and O–H groups in total. The molecule has 11 nitrogen and oxygen atoms in total. The molecule has 2 aromatic rings. The largest absolute Gasteiger partial charge is 0.478 e. The van der Waals surface area contributed by atoms with Crippen molar-refractivity contribution in [2.75, 3.05) is 6.61 Å². The summed E-state index contributed by atoms with van der Waals surface area (Å²) in [6.45, 7) is 8.12. The number of aryl methyl sites for hydroxylation is 2. The molecular formula is C32H37NO10. The van der Waals surface area contributed by atoms with Crippen LogP contribution in [-0.4, -0.2) is 70.0 Å². The van der Waals surface area contributed by atoms with Crippen LogP contribution in [0.2, 0.25) is 0 Å². The number of fused-ring (bicyclic) bond motifs is 1. The van der Waals surface area contributed by atoms with E-state index in [-0.39, 0.29) is 45.9 Å². The first kappa shape index (κ1) is 31.7. The van der Waals surface area contributed by atoms with Crippen molar-refractivity contribution in [3.63, 3.8) is 0 Å². The van der Waals surface area contributed by atoms with Gasteiger partial charge < -0.3 is 30.1 Å². The number of amides is 1. The van der Waals surface area contributed by atoms with Gasteiger partial charge in [0.15, 0.2) is 0 Å². The fraction of sp³-hybridized carbons (Fsp3) is 0.469. The highest BCUT2D eigenvalue weighted by molar-refractivity contribution is 5.95. The Morgan fingerprint density at radius 1 is 0.837 bits per heavy atom. The second-order valence-electron chi connectivity index (χ2n) is 12.1. The third-order valence-electron chi connectivity index (χ3n) is 9.52. The molecular weight excluding hydrogens is 558 g/mol. The monoisotopic (exact) mass is 595 g/mol. The summed E-state index contributed by atoms with van der Waals surface area (Å²) in [5, 5.41) is 30.7. The molecule has 2 aromatic carbocycles. The highest BCUT2D eigenvalue weighted by Crippen LogP contribution is 2.87. The Hall–Kier alpha value is -4.25. The number of carbonyl (C=O) groups excluding carboxylic acids is 3. The third-order valence-corrected chi connectivity index (χ3v) is 9.52. The number of hydrogen-bond acceptors (Lipinski definition) is 8. The van der Waals surface area contributed by atoms with Crippen molar-refractivity contribution >= 4 is 29.8 Å². The summed E-state index contributed by atoms with van der Waals surface area (Å²) in [4.78, 5) is 59.5. The first-order valence-corrected chi connectivity index (χ1v) is 14.1. The summed E-state index contributed by atoms with van der Waals surface area (Å²) < 4.78 is 9.64. The molecule has 1 saturated heterocycles. The molecule has 2 saturated carbocycles. The lowest BCUT2D eigenvalue weighted by Gasteiger charge is -2.31. The van der Waals surface area contributed by atoms with Crippen molar-refractivity contribution < 1.29 is 48.8 Å². The third kappa shape index (κ3) is 5.49. The maximum atomic E-state index is 12.2. The predicted molar refractivity (Wildman–Crippen MR) is 152 cm³/mol. The molecule has 3 fully saturated rings. The number of benzene rings is 2. The Morgan fingerprint density at radius 2 is 1.26 bits per heavy atom. The molecule has 43 heavy (non-hydrogen) atoms. The molecule has 0 bridgehead atoms. The molecule has 0 aromatic heterocycles. The van der Waals surface area contributed by atoms with Gasteiger partial charge >= 0.3 is 23.9 Å². The molecule has 230 valence electrons. The van der Waals surface area contributed by atoms with Crippen molar-refractivity contribution in [1.82, 2.24) is 5.32 Å². The van der Waals surface area contributed by atoms with E-state index >= 15 is 0 Å². The Bertz CT molecular complexity index is 1340. The molecule has 4 atom stereocenters. The van der Waals surface area contributed by atoms with Crippen molar-refractivity contribution in [3.8, 4) is 0 Å². The summed E-state index contributed by atoms with van der Waals surface area (Å²) in [5.41, 5.74) is 2.06. The van der Waals surface area contributed by atoms with E-state index in [4.69, 9.17) is 14.6 Å². The van der Waals surface area contributed by atoms with E-state index < -0.39 is 36.1 Å². The molecule has 3 aliphatic rings. The van der Waals surface area contributed by atoms with E-state index in [1.54, 1.807) is 38.1 Å². The van der Waals surface area contributed by atoms with Gasteiger partial charge in [0.25, 0.3) is 0 Å². The predicted octanol–water partition coefficient (Wildman–Crippen LogP) is 3.29. The van der Waals surface area contributed by atoms with Gasteiger partial charge in [-0.3, -0.25) is 4.79 Å². The molecule has 0 radical (unpaired) electrons. The lowest BCUT2D eigenvalue weighted by atomic mass is 9.73. The van der Waals surface area contributed by atoms with E-state index in [0.717, 1.165) is 17.5 Å². The summed E-state index contributed by atoms with van der Waals surface area (Å²) >= 11 is 0. The molecule has 2 aliphatic carbocycles.